The molecule has 146 valence electrons. The number of hydrogen-bond acceptors (Lipinski definition) is 5. The highest BCUT2D eigenvalue weighted by molar-refractivity contribution is 5.93. The van der Waals surface area contributed by atoms with E-state index >= 15 is 0 Å². The number of benzene rings is 1. The number of ether oxygens (including phenoxy) is 1. The monoisotopic (exact) mass is 388 g/mol. The zero-order chi connectivity index (χ0) is 20.0. The van der Waals surface area contributed by atoms with Gasteiger partial charge in [-0.2, -0.15) is 10.2 Å². The highest BCUT2D eigenvalue weighted by Gasteiger charge is 2.24. The molecule has 1 aliphatic heterocycles. The van der Waals surface area contributed by atoms with Crippen LogP contribution in [0.2, 0.25) is 0 Å². The Labute approximate surface area is 167 Å². The first-order valence-corrected chi connectivity index (χ1v) is 9.48. The molecular formula is C21H20N6O2. The van der Waals surface area contributed by atoms with Gasteiger partial charge in [-0.15, -0.1) is 0 Å². The molecule has 8 heteroatoms. The molecule has 1 N–H and O–H groups in total. The molecule has 4 heterocycles. The maximum absolute atomic E-state index is 12.9. The van der Waals surface area contributed by atoms with Gasteiger partial charge in [0.2, 0.25) is 0 Å². The minimum atomic E-state index is -0.230. The molecule has 0 spiro atoms. The lowest BCUT2D eigenvalue weighted by atomic mass is 10.0. The van der Waals surface area contributed by atoms with Crippen LogP contribution in [0.1, 0.15) is 34.2 Å². The van der Waals surface area contributed by atoms with Crippen LogP contribution in [0.5, 0.6) is 5.75 Å². The largest absolute Gasteiger partial charge is 0.493 e. The molecule has 8 nitrogen and oxygen atoms in total. The third-order valence-corrected chi connectivity index (χ3v) is 5.37. The van der Waals surface area contributed by atoms with Crippen LogP contribution in [0.4, 0.5) is 0 Å². The van der Waals surface area contributed by atoms with Crippen molar-refractivity contribution in [3.05, 3.63) is 65.7 Å². The average Bonchev–Trinajstić information content (AvgIpc) is 3.32. The number of fused-ring (bicyclic) bond motifs is 2. The van der Waals surface area contributed by atoms with Crippen LogP contribution in [0.25, 0.3) is 16.9 Å². The molecule has 0 bridgehead atoms. The van der Waals surface area contributed by atoms with Crippen molar-refractivity contribution in [2.75, 3.05) is 6.61 Å². The number of aromatic nitrogens is 5. The van der Waals surface area contributed by atoms with Crippen molar-refractivity contribution in [2.45, 2.75) is 19.4 Å². The normalized spacial score (nSPS) is 15.7. The van der Waals surface area contributed by atoms with E-state index in [0.29, 0.717) is 24.4 Å². The van der Waals surface area contributed by atoms with Crippen LogP contribution >= 0.6 is 0 Å². The standard InChI is InChI=1S/C21H20N6O2/c1-13-15(12-23-26(13)2)18-7-9-22-20-11-17(25-27(18)20)21(28)24-16-8-10-29-19-6-4-3-5-14(16)19/h3-7,9,11-12,16H,8,10H2,1-2H3,(H,24,28)/t16-/m1/s1. The Morgan fingerprint density at radius 2 is 2.14 bits per heavy atom. The van der Waals surface area contributed by atoms with Crippen LogP contribution in [0.15, 0.2) is 48.8 Å². The fourth-order valence-electron chi connectivity index (χ4n) is 3.68. The molecule has 0 saturated heterocycles. The SMILES string of the molecule is Cc1c(-c2ccnc3cc(C(=O)N[C@@H]4CCOc5ccccc54)nn23)cnn1C. The highest BCUT2D eigenvalue weighted by atomic mass is 16.5. The number of aryl methyl sites for hydroxylation is 1. The van der Waals surface area contributed by atoms with Crippen LogP contribution in [-0.4, -0.2) is 36.9 Å². The summed E-state index contributed by atoms with van der Waals surface area (Å²) < 4.78 is 9.18. The maximum Gasteiger partial charge on any atom is 0.272 e. The summed E-state index contributed by atoms with van der Waals surface area (Å²) in [6.07, 6.45) is 4.23. The van der Waals surface area contributed by atoms with Gasteiger partial charge in [0.15, 0.2) is 11.3 Å². The first-order valence-electron chi connectivity index (χ1n) is 9.48. The van der Waals surface area contributed by atoms with Gasteiger partial charge < -0.3 is 10.1 Å². The quantitative estimate of drug-likeness (QED) is 0.583. The van der Waals surface area contributed by atoms with Crippen molar-refractivity contribution in [1.82, 2.24) is 29.7 Å². The van der Waals surface area contributed by atoms with Crippen molar-refractivity contribution >= 4 is 11.6 Å². The van der Waals surface area contributed by atoms with E-state index in [1.54, 1.807) is 27.7 Å². The van der Waals surface area contributed by atoms with Gasteiger partial charge in [0, 0.05) is 42.6 Å². The molecule has 1 atom stereocenters. The molecule has 0 unspecified atom stereocenters. The zero-order valence-electron chi connectivity index (χ0n) is 16.2. The maximum atomic E-state index is 12.9. The molecule has 29 heavy (non-hydrogen) atoms. The molecule has 1 aliphatic rings. The number of amides is 1. The number of rotatable bonds is 3. The summed E-state index contributed by atoms with van der Waals surface area (Å²) in [5.41, 5.74) is 4.74. The van der Waals surface area contributed by atoms with Crippen molar-refractivity contribution in [1.29, 1.82) is 0 Å². The van der Waals surface area contributed by atoms with E-state index in [1.165, 1.54) is 0 Å². The smallest absolute Gasteiger partial charge is 0.272 e. The minimum Gasteiger partial charge on any atom is -0.493 e. The van der Waals surface area contributed by atoms with E-state index in [9.17, 15) is 4.79 Å². The molecule has 5 rings (SSSR count). The Bertz CT molecular complexity index is 1230. The summed E-state index contributed by atoms with van der Waals surface area (Å²) in [6, 6.07) is 11.3. The summed E-state index contributed by atoms with van der Waals surface area (Å²) in [5.74, 6) is 0.584. The zero-order valence-corrected chi connectivity index (χ0v) is 16.2. The number of para-hydroxylation sites is 1. The number of carbonyl (C=O) groups is 1. The van der Waals surface area contributed by atoms with Gasteiger partial charge in [-0.1, -0.05) is 18.2 Å². The molecule has 1 amide bonds. The third-order valence-electron chi connectivity index (χ3n) is 5.37. The van der Waals surface area contributed by atoms with Gasteiger partial charge in [0.25, 0.3) is 5.91 Å². The average molecular weight is 388 g/mol. The van der Waals surface area contributed by atoms with Crippen molar-refractivity contribution in [3.8, 4) is 17.0 Å². The number of hydrogen-bond donors (Lipinski definition) is 1. The van der Waals surface area contributed by atoms with E-state index in [1.807, 2.05) is 44.3 Å². The van der Waals surface area contributed by atoms with E-state index in [4.69, 9.17) is 4.74 Å². The summed E-state index contributed by atoms with van der Waals surface area (Å²) in [4.78, 5) is 17.3. The molecule has 0 radical (unpaired) electrons. The van der Waals surface area contributed by atoms with Crippen LogP contribution in [0, 0.1) is 6.92 Å². The van der Waals surface area contributed by atoms with Crippen molar-refractivity contribution < 1.29 is 9.53 Å². The van der Waals surface area contributed by atoms with Crippen molar-refractivity contribution in [3.63, 3.8) is 0 Å². The Hall–Kier alpha value is -3.68. The van der Waals surface area contributed by atoms with E-state index in [0.717, 1.165) is 28.3 Å². The number of carbonyl (C=O) groups excluding carboxylic acids is 1. The van der Waals surface area contributed by atoms with Gasteiger partial charge in [-0.3, -0.25) is 9.48 Å². The number of nitrogens with zero attached hydrogens (tertiary/aromatic N) is 5. The van der Waals surface area contributed by atoms with E-state index < -0.39 is 0 Å². The van der Waals surface area contributed by atoms with Crippen LogP contribution in [0.3, 0.4) is 0 Å². The molecule has 1 aromatic carbocycles. The van der Waals surface area contributed by atoms with E-state index in [-0.39, 0.29) is 11.9 Å². The fourth-order valence-corrected chi connectivity index (χ4v) is 3.68. The second kappa shape index (κ2) is 6.73. The lowest BCUT2D eigenvalue weighted by Crippen LogP contribution is -2.32. The predicted molar refractivity (Wildman–Crippen MR) is 107 cm³/mol. The molecule has 0 aliphatic carbocycles. The fraction of sp³-hybridized carbons (Fsp3) is 0.238. The Morgan fingerprint density at radius 1 is 1.28 bits per heavy atom. The molecule has 3 aromatic heterocycles. The van der Waals surface area contributed by atoms with Crippen molar-refractivity contribution in [2.24, 2.45) is 7.05 Å². The molecule has 0 fully saturated rings. The lowest BCUT2D eigenvalue weighted by molar-refractivity contribution is 0.0919. The summed E-state index contributed by atoms with van der Waals surface area (Å²) in [7, 11) is 1.89. The Balaban J connectivity index is 1.48. The highest BCUT2D eigenvalue weighted by Crippen LogP contribution is 2.31. The van der Waals surface area contributed by atoms with Gasteiger partial charge in [-0.05, 0) is 19.1 Å². The summed E-state index contributed by atoms with van der Waals surface area (Å²) in [6.45, 7) is 2.56. The topological polar surface area (TPSA) is 86.3 Å². The van der Waals surface area contributed by atoms with Gasteiger partial charge in [0.1, 0.15) is 5.75 Å². The van der Waals surface area contributed by atoms with Gasteiger partial charge >= 0.3 is 0 Å². The second-order valence-electron chi connectivity index (χ2n) is 7.10. The third kappa shape index (κ3) is 2.93. The molecular weight excluding hydrogens is 368 g/mol. The van der Waals surface area contributed by atoms with Gasteiger partial charge in [0.05, 0.1) is 24.5 Å². The Morgan fingerprint density at radius 3 is 2.97 bits per heavy atom. The molecule has 4 aromatic rings. The minimum absolute atomic E-state index is 0.106. The summed E-state index contributed by atoms with van der Waals surface area (Å²) >= 11 is 0. The lowest BCUT2D eigenvalue weighted by Gasteiger charge is -2.26. The number of nitrogens with one attached hydrogen (secondary N) is 1. The first kappa shape index (κ1) is 17.4. The predicted octanol–water partition coefficient (Wildman–Crippen LogP) is 2.69. The second-order valence-corrected chi connectivity index (χ2v) is 7.10. The molecule has 0 saturated carbocycles. The Kier molecular flexibility index (Phi) is 4.04. The summed E-state index contributed by atoms with van der Waals surface area (Å²) in [5, 5.41) is 11.9. The first-order chi connectivity index (χ1) is 14.1. The van der Waals surface area contributed by atoms with E-state index in [2.05, 4.69) is 20.5 Å². The van der Waals surface area contributed by atoms with Crippen LogP contribution < -0.4 is 10.1 Å². The van der Waals surface area contributed by atoms with Gasteiger partial charge in [-0.25, -0.2) is 9.50 Å². The van der Waals surface area contributed by atoms with Crippen LogP contribution in [-0.2, 0) is 7.05 Å².